The number of fused-ring (bicyclic) bond motifs is 1. The third-order valence-electron chi connectivity index (χ3n) is 4.98. The second-order valence-electron chi connectivity index (χ2n) is 6.70. The molecule has 2 N–H and O–H groups in total. The van der Waals surface area contributed by atoms with E-state index in [1.54, 1.807) is 6.20 Å². The Bertz CT molecular complexity index is 813. The molecule has 0 atom stereocenters. The van der Waals surface area contributed by atoms with E-state index in [4.69, 9.17) is 28.2 Å². The zero-order valence-corrected chi connectivity index (χ0v) is 15.4. The maximum atomic E-state index is 6.13. The molecule has 1 saturated carbocycles. The van der Waals surface area contributed by atoms with Gasteiger partial charge in [0.2, 0.25) is 0 Å². The van der Waals surface area contributed by atoms with E-state index in [0.29, 0.717) is 16.6 Å². The Labute approximate surface area is 157 Å². The van der Waals surface area contributed by atoms with Crippen LogP contribution in [0.25, 0.3) is 0 Å². The van der Waals surface area contributed by atoms with Gasteiger partial charge in [-0.1, -0.05) is 48.5 Å². The Kier molecular flexibility index (Phi) is 4.57. The minimum absolute atomic E-state index is 0.121. The zero-order valence-electron chi connectivity index (χ0n) is 13.9. The van der Waals surface area contributed by atoms with Gasteiger partial charge in [0.1, 0.15) is 5.84 Å². The van der Waals surface area contributed by atoms with E-state index < -0.39 is 0 Å². The van der Waals surface area contributed by atoms with Crippen molar-refractivity contribution >= 4 is 40.5 Å². The summed E-state index contributed by atoms with van der Waals surface area (Å²) >= 11 is 12.1. The molecule has 1 spiro atoms. The lowest BCUT2D eigenvalue weighted by atomic mass is 9.79. The van der Waals surface area contributed by atoms with E-state index in [0.717, 1.165) is 35.7 Å². The molecule has 1 aliphatic carbocycles. The molecular weight excluding hydrogens is 355 g/mol. The number of nitrogens with one attached hydrogen (secondary N) is 2. The van der Waals surface area contributed by atoms with Crippen LogP contribution in [0.4, 0.5) is 11.5 Å². The van der Waals surface area contributed by atoms with Gasteiger partial charge < -0.3 is 10.6 Å². The fourth-order valence-corrected chi connectivity index (χ4v) is 4.00. The standard InChI is InChI=1S/C19H20Cl2N4/c20-14-7-6-13(11-15(14)21)12-23-18-19(8-2-1-3-9-19)25-16-5-4-10-22-17(16)24-18/h4-7,10-11,25H,1-3,8-9,12H2,(H,22,23,24). The fourth-order valence-electron chi connectivity index (χ4n) is 3.67. The number of nitrogens with zero attached hydrogens (tertiary/aromatic N) is 2. The molecule has 4 nitrogen and oxygen atoms in total. The first-order chi connectivity index (χ1) is 12.2. The maximum absolute atomic E-state index is 6.13. The van der Waals surface area contributed by atoms with E-state index in [1.165, 1.54) is 19.3 Å². The topological polar surface area (TPSA) is 49.3 Å². The van der Waals surface area contributed by atoms with Crippen LogP contribution in [-0.4, -0.2) is 16.4 Å². The van der Waals surface area contributed by atoms with Crippen LogP contribution in [0.2, 0.25) is 10.0 Å². The van der Waals surface area contributed by atoms with E-state index in [-0.39, 0.29) is 5.54 Å². The third kappa shape index (κ3) is 3.33. The number of halogens is 2. The average Bonchev–Trinajstić information content (AvgIpc) is 2.63. The molecule has 2 aromatic rings. The summed E-state index contributed by atoms with van der Waals surface area (Å²) in [7, 11) is 0. The summed E-state index contributed by atoms with van der Waals surface area (Å²) in [5.74, 6) is 1.72. The van der Waals surface area contributed by atoms with Crippen LogP contribution < -0.4 is 10.6 Å². The predicted octanol–water partition coefficient (Wildman–Crippen LogP) is 5.34. The number of amidine groups is 1. The lowest BCUT2D eigenvalue weighted by Gasteiger charge is -2.42. The molecule has 0 saturated heterocycles. The Morgan fingerprint density at radius 1 is 1.08 bits per heavy atom. The van der Waals surface area contributed by atoms with Gasteiger partial charge in [-0.05, 0) is 42.7 Å². The van der Waals surface area contributed by atoms with Gasteiger partial charge in [-0.2, -0.15) is 0 Å². The van der Waals surface area contributed by atoms with Gasteiger partial charge in [0, 0.05) is 12.7 Å². The van der Waals surface area contributed by atoms with Gasteiger partial charge in [0.15, 0.2) is 5.82 Å². The van der Waals surface area contributed by atoms with Gasteiger partial charge in [-0.25, -0.2) is 9.98 Å². The number of aliphatic imine (C=N–C) groups is 1. The second kappa shape index (κ2) is 6.85. The molecule has 4 rings (SSSR count). The second-order valence-corrected chi connectivity index (χ2v) is 7.52. The quantitative estimate of drug-likeness (QED) is 0.745. The highest BCUT2D eigenvalue weighted by atomic mass is 35.5. The van der Waals surface area contributed by atoms with Crippen molar-refractivity contribution in [3.63, 3.8) is 0 Å². The summed E-state index contributed by atoms with van der Waals surface area (Å²) in [5.41, 5.74) is 1.98. The van der Waals surface area contributed by atoms with Crippen molar-refractivity contribution in [2.45, 2.75) is 44.2 Å². The van der Waals surface area contributed by atoms with Crippen LogP contribution in [0.3, 0.4) is 0 Å². The highest BCUT2D eigenvalue weighted by molar-refractivity contribution is 6.42. The molecule has 1 aliphatic heterocycles. The minimum Gasteiger partial charge on any atom is -0.370 e. The van der Waals surface area contributed by atoms with Crippen molar-refractivity contribution in [2.75, 3.05) is 5.32 Å². The summed E-state index contributed by atoms with van der Waals surface area (Å²) in [5, 5.41) is 8.39. The molecule has 0 radical (unpaired) electrons. The van der Waals surface area contributed by atoms with Crippen LogP contribution >= 0.6 is 23.2 Å². The van der Waals surface area contributed by atoms with Crippen molar-refractivity contribution in [1.29, 1.82) is 0 Å². The Morgan fingerprint density at radius 2 is 1.92 bits per heavy atom. The smallest absolute Gasteiger partial charge is 0.177 e. The van der Waals surface area contributed by atoms with Crippen molar-refractivity contribution in [1.82, 2.24) is 10.3 Å². The molecule has 6 heteroatoms. The molecule has 130 valence electrons. The summed E-state index contributed by atoms with van der Waals surface area (Å²) in [6.45, 7) is 0.654. The molecule has 0 amide bonds. The third-order valence-corrected chi connectivity index (χ3v) is 5.72. The number of aromatic nitrogens is 1. The number of anilines is 1. The van der Waals surface area contributed by atoms with Gasteiger partial charge in [-0.15, -0.1) is 0 Å². The summed E-state index contributed by atoms with van der Waals surface area (Å²) in [6, 6.07) is 9.71. The first-order valence-corrected chi connectivity index (χ1v) is 9.42. The predicted molar refractivity (Wildman–Crippen MR) is 104 cm³/mol. The lowest BCUT2D eigenvalue weighted by Crippen LogP contribution is -2.54. The first kappa shape index (κ1) is 16.7. The number of pyridine rings is 1. The molecule has 1 aromatic heterocycles. The van der Waals surface area contributed by atoms with Crippen molar-refractivity contribution < 1.29 is 0 Å². The molecule has 2 aliphatic rings. The molecule has 1 fully saturated rings. The van der Waals surface area contributed by atoms with Gasteiger partial charge in [0.05, 0.1) is 21.3 Å². The Hall–Kier alpha value is -1.78. The van der Waals surface area contributed by atoms with E-state index in [1.807, 2.05) is 24.3 Å². The van der Waals surface area contributed by atoms with Crippen molar-refractivity contribution in [2.24, 2.45) is 4.99 Å². The van der Waals surface area contributed by atoms with Gasteiger partial charge >= 0.3 is 0 Å². The van der Waals surface area contributed by atoms with E-state index >= 15 is 0 Å². The van der Waals surface area contributed by atoms with Crippen LogP contribution in [0, 0.1) is 0 Å². The fraction of sp³-hybridized carbons (Fsp3) is 0.368. The summed E-state index contributed by atoms with van der Waals surface area (Å²) < 4.78 is 0. The Morgan fingerprint density at radius 3 is 2.72 bits per heavy atom. The van der Waals surface area contributed by atoms with Crippen LogP contribution in [0.1, 0.15) is 37.7 Å². The first-order valence-electron chi connectivity index (χ1n) is 8.66. The van der Waals surface area contributed by atoms with Gasteiger partial charge in [-0.3, -0.25) is 0 Å². The normalized spacial score (nSPS) is 18.2. The maximum Gasteiger partial charge on any atom is 0.177 e. The zero-order chi connectivity index (χ0) is 17.3. The minimum atomic E-state index is -0.121. The van der Waals surface area contributed by atoms with Crippen LogP contribution in [0.5, 0.6) is 0 Å². The molecule has 1 aromatic carbocycles. The number of benzene rings is 1. The molecule has 25 heavy (non-hydrogen) atoms. The number of hydrogen-bond acceptors (Lipinski definition) is 4. The summed E-state index contributed by atoms with van der Waals surface area (Å²) in [6.07, 6.45) is 7.62. The highest BCUT2D eigenvalue weighted by Gasteiger charge is 2.40. The largest absolute Gasteiger partial charge is 0.370 e. The highest BCUT2D eigenvalue weighted by Crippen LogP contribution is 2.39. The molecule has 0 unspecified atom stereocenters. The number of hydrogen-bond donors (Lipinski definition) is 2. The molecular formula is C19H20Cl2N4. The Balaban J connectivity index is 1.62. The van der Waals surface area contributed by atoms with Crippen molar-refractivity contribution in [3.8, 4) is 0 Å². The molecule has 2 heterocycles. The number of rotatable bonds is 2. The van der Waals surface area contributed by atoms with Crippen LogP contribution in [0.15, 0.2) is 41.5 Å². The SMILES string of the molecule is Clc1ccc(CNC2=Nc3ncccc3NC23CCCCC3)cc1Cl. The lowest BCUT2D eigenvalue weighted by molar-refractivity contribution is 0.396. The van der Waals surface area contributed by atoms with E-state index in [9.17, 15) is 0 Å². The van der Waals surface area contributed by atoms with E-state index in [2.05, 4.69) is 21.7 Å². The van der Waals surface area contributed by atoms with Crippen molar-refractivity contribution in [3.05, 3.63) is 52.1 Å². The monoisotopic (exact) mass is 374 g/mol. The van der Waals surface area contributed by atoms with Crippen LogP contribution in [-0.2, 0) is 6.54 Å². The average molecular weight is 375 g/mol. The summed E-state index contributed by atoms with van der Waals surface area (Å²) in [4.78, 5) is 9.25. The van der Waals surface area contributed by atoms with Gasteiger partial charge in [0.25, 0.3) is 0 Å². The molecule has 0 bridgehead atoms.